The van der Waals surface area contributed by atoms with Crippen LogP contribution in [0.25, 0.3) is 5.57 Å². The van der Waals surface area contributed by atoms with E-state index < -0.39 is 0 Å². The second kappa shape index (κ2) is 13.1. The van der Waals surface area contributed by atoms with Crippen LogP contribution < -0.4 is 10.1 Å². The molecule has 2 aliphatic rings. The van der Waals surface area contributed by atoms with Gasteiger partial charge in [0.2, 0.25) is 5.91 Å². The Balaban J connectivity index is 1.39. The second-order valence-corrected chi connectivity index (χ2v) is 11.5. The molecule has 3 aromatic rings. The molecule has 2 bridgehead atoms. The number of carbonyl (C=O) groups is 2. The number of halogens is 2. The van der Waals surface area contributed by atoms with Gasteiger partial charge in [0.1, 0.15) is 10.8 Å². The fourth-order valence-electron chi connectivity index (χ4n) is 5.66. The monoisotopic (exact) mass is 591 g/mol. The van der Waals surface area contributed by atoms with Crippen molar-refractivity contribution in [1.82, 2.24) is 15.1 Å². The van der Waals surface area contributed by atoms with Gasteiger partial charge in [-0.25, -0.2) is 0 Å². The fraction of sp³-hybridized carbons (Fsp3) is 0.333. The topological polar surface area (TPSA) is 61.9 Å². The zero-order valence-corrected chi connectivity index (χ0v) is 24.9. The molecule has 214 valence electrons. The van der Waals surface area contributed by atoms with Crippen LogP contribution in [-0.2, 0) is 22.4 Å². The number of hydrogen-bond donors (Lipinski definition) is 1. The largest absolute Gasteiger partial charge is 0.492 e. The molecule has 1 N–H and O–H groups in total. The molecule has 0 spiro atoms. The normalized spacial score (nSPS) is 18.3. The number of carbonyl (C=O) groups excluding carboxylic acids is 2. The third-order valence-electron chi connectivity index (χ3n) is 7.85. The van der Waals surface area contributed by atoms with Gasteiger partial charge in [-0.05, 0) is 47.2 Å². The molecule has 3 aromatic carbocycles. The lowest BCUT2D eigenvalue weighted by Crippen LogP contribution is -2.61. The Bertz CT molecular complexity index is 1440. The molecular formula is C33H35Cl2N3O3. The quantitative estimate of drug-likeness (QED) is 0.349. The molecule has 0 aliphatic carbocycles. The molecule has 6 nitrogen and oxygen atoms in total. The summed E-state index contributed by atoms with van der Waals surface area (Å²) in [6.45, 7) is 3.76. The summed E-state index contributed by atoms with van der Waals surface area (Å²) in [5.74, 6) is 0.600. The van der Waals surface area contributed by atoms with E-state index in [0.29, 0.717) is 54.9 Å². The summed E-state index contributed by atoms with van der Waals surface area (Å²) in [5.41, 5.74) is 5.14. The predicted molar refractivity (Wildman–Crippen MR) is 164 cm³/mol. The van der Waals surface area contributed by atoms with Crippen molar-refractivity contribution in [3.63, 3.8) is 0 Å². The van der Waals surface area contributed by atoms with E-state index in [1.54, 1.807) is 19.1 Å². The van der Waals surface area contributed by atoms with Crippen molar-refractivity contribution in [1.29, 1.82) is 0 Å². The lowest BCUT2D eigenvalue weighted by molar-refractivity contribution is -0.132. The molecule has 1 fully saturated rings. The second-order valence-electron chi connectivity index (χ2n) is 10.7. The highest BCUT2D eigenvalue weighted by Crippen LogP contribution is 2.35. The highest BCUT2D eigenvalue weighted by Gasteiger charge is 2.39. The third kappa shape index (κ3) is 6.95. The number of nitrogens with zero attached hydrogens (tertiary/aromatic N) is 2. The first kappa shape index (κ1) is 29.2. The van der Waals surface area contributed by atoms with Gasteiger partial charge in [-0.1, -0.05) is 83.9 Å². The number of benzene rings is 3. The molecule has 2 amide bonds. The molecule has 2 heterocycles. The van der Waals surface area contributed by atoms with Gasteiger partial charge in [0, 0.05) is 51.6 Å². The van der Waals surface area contributed by atoms with E-state index in [-0.39, 0.29) is 23.9 Å². The summed E-state index contributed by atoms with van der Waals surface area (Å²) in [7, 11) is 1.86. The Morgan fingerprint density at radius 2 is 1.73 bits per heavy atom. The zero-order valence-electron chi connectivity index (χ0n) is 23.4. The standard InChI is InChI=1S/C33H35Cl2N3O3/c1-22(39)38-20-26-19-27(25-11-6-10-24(18-25)15-17-41-30-13-7-12-28(34)32(30)35)31(29(21-38)36-26)33(40)37(2)16-14-23-8-4-3-5-9-23/h3-13,18,26,29,36H,14-17,19-21H2,1-2H3. The first-order valence-corrected chi connectivity index (χ1v) is 14.8. The molecule has 1 saturated heterocycles. The number of fused-ring (bicyclic) bond motifs is 2. The number of amides is 2. The number of piperazine rings is 1. The van der Waals surface area contributed by atoms with E-state index in [9.17, 15) is 9.59 Å². The lowest BCUT2D eigenvalue weighted by Gasteiger charge is -2.44. The average molecular weight is 593 g/mol. The summed E-state index contributed by atoms with van der Waals surface area (Å²) in [4.78, 5) is 30.0. The van der Waals surface area contributed by atoms with Gasteiger partial charge in [0.15, 0.2) is 0 Å². The molecule has 2 aliphatic heterocycles. The summed E-state index contributed by atoms with van der Waals surface area (Å²) in [5, 5.41) is 4.50. The van der Waals surface area contributed by atoms with E-state index in [1.807, 2.05) is 47.2 Å². The van der Waals surface area contributed by atoms with Crippen LogP contribution in [0.2, 0.25) is 10.0 Å². The third-order valence-corrected chi connectivity index (χ3v) is 8.65. The van der Waals surface area contributed by atoms with E-state index in [2.05, 4.69) is 35.6 Å². The number of ether oxygens (including phenoxy) is 1. The Morgan fingerprint density at radius 1 is 0.976 bits per heavy atom. The summed E-state index contributed by atoms with van der Waals surface area (Å²) < 4.78 is 5.92. The van der Waals surface area contributed by atoms with Gasteiger partial charge < -0.3 is 19.9 Å². The molecule has 0 radical (unpaired) electrons. The Kier molecular flexibility index (Phi) is 9.33. The van der Waals surface area contributed by atoms with Gasteiger partial charge in [0.05, 0.1) is 17.7 Å². The van der Waals surface area contributed by atoms with Crippen LogP contribution in [0, 0.1) is 0 Å². The summed E-state index contributed by atoms with van der Waals surface area (Å²) in [6, 6.07) is 23.7. The van der Waals surface area contributed by atoms with Crippen LogP contribution in [0.3, 0.4) is 0 Å². The fourth-order valence-corrected chi connectivity index (χ4v) is 6.01. The number of nitrogens with one attached hydrogen (secondary N) is 1. The Labute approximate surface area is 251 Å². The molecular weight excluding hydrogens is 557 g/mol. The van der Waals surface area contributed by atoms with Crippen LogP contribution in [0.5, 0.6) is 5.75 Å². The van der Waals surface area contributed by atoms with Gasteiger partial charge in [-0.15, -0.1) is 0 Å². The molecule has 5 rings (SSSR count). The maximum absolute atomic E-state index is 14.0. The van der Waals surface area contributed by atoms with Gasteiger partial charge in [-0.2, -0.15) is 0 Å². The van der Waals surface area contributed by atoms with Crippen LogP contribution in [-0.4, -0.2) is 67.0 Å². The lowest BCUT2D eigenvalue weighted by atomic mass is 9.82. The Hall–Kier alpha value is -3.32. The SMILES string of the molecule is CC(=O)N1CC2CC(c3cccc(CCOc4cccc(Cl)c4Cl)c3)=C(C(=O)N(C)CCc3ccccc3)C(C1)N2. The van der Waals surface area contributed by atoms with Crippen molar-refractivity contribution >= 4 is 40.6 Å². The maximum atomic E-state index is 14.0. The van der Waals surface area contributed by atoms with Gasteiger partial charge in [-0.3, -0.25) is 9.59 Å². The smallest absolute Gasteiger partial charge is 0.251 e. The van der Waals surface area contributed by atoms with Crippen molar-refractivity contribution in [3.8, 4) is 5.75 Å². The minimum atomic E-state index is -0.218. The van der Waals surface area contributed by atoms with Gasteiger partial charge in [0.25, 0.3) is 5.91 Å². The van der Waals surface area contributed by atoms with Crippen LogP contribution in [0.1, 0.15) is 30.0 Å². The maximum Gasteiger partial charge on any atom is 0.251 e. The van der Waals surface area contributed by atoms with Crippen molar-refractivity contribution in [3.05, 3.63) is 105 Å². The highest BCUT2D eigenvalue weighted by molar-refractivity contribution is 6.42. The first-order chi connectivity index (χ1) is 19.8. The minimum absolute atomic E-state index is 0.00150. The average Bonchev–Trinajstić information content (AvgIpc) is 2.98. The van der Waals surface area contributed by atoms with Crippen molar-refractivity contribution in [2.45, 2.75) is 38.3 Å². The molecule has 8 heteroatoms. The van der Waals surface area contributed by atoms with E-state index in [0.717, 1.165) is 28.7 Å². The summed E-state index contributed by atoms with van der Waals surface area (Å²) >= 11 is 12.4. The van der Waals surface area contributed by atoms with Crippen LogP contribution in [0.15, 0.2) is 78.4 Å². The van der Waals surface area contributed by atoms with Crippen molar-refractivity contribution in [2.75, 3.05) is 33.3 Å². The van der Waals surface area contributed by atoms with E-state index >= 15 is 0 Å². The zero-order chi connectivity index (χ0) is 28.9. The van der Waals surface area contributed by atoms with E-state index in [1.165, 1.54) is 5.56 Å². The highest BCUT2D eigenvalue weighted by atomic mass is 35.5. The van der Waals surface area contributed by atoms with Crippen molar-refractivity contribution < 1.29 is 14.3 Å². The Morgan fingerprint density at radius 3 is 2.51 bits per heavy atom. The molecule has 0 aromatic heterocycles. The number of likely N-dealkylation sites (N-methyl/N-ethyl adjacent to an activating group) is 1. The summed E-state index contributed by atoms with van der Waals surface area (Å²) in [6.07, 6.45) is 2.12. The molecule has 41 heavy (non-hydrogen) atoms. The van der Waals surface area contributed by atoms with Crippen LogP contribution in [0.4, 0.5) is 0 Å². The minimum Gasteiger partial charge on any atom is -0.492 e. The van der Waals surface area contributed by atoms with Gasteiger partial charge >= 0.3 is 0 Å². The van der Waals surface area contributed by atoms with E-state index in [4.69, 9.17) is 27.9 Å². The first-order valence-electron chi connectivity index (χ1n) is 14.0. The number of hydrogen-bond acceptors (Lipinski definition) is 4. The molecule has 0 saturated carbocycles. The molecule has 2 unspecified atom stereocenters. The van der Waals surface area contributed by atoms with Crippen molar-refractivity contribution in [2.24, 2.45) is 0 Å². The number of rotatable bonds is 9. The van der Waals surface area contributed by atoms with Crippen LogP contribution >= 0.6 is 23.2 Å². The predicted octanol–water partition coefficient (Wildman–Crippen LogP) is 5.66. The molecule has 2 atom stereocenters.